The molecule has 2 N–H and O–H groups in total. The lowest BCUT2D eigenvalue weighted by molar-refractivity contribution is 0.0686. The van der Waals surface area contributed by atoms with Crippen LogP contribution < -0.4 is 0 Å². The molecule has 0 saturated heterocycles. The second kappa shape index (κ2) is 4.33. The zero-order chi connectivity index (χ0) is 12.4. The molecule has 0 fully saturated rings. The number of aryl methyl sites for hydroxylation is 1. The summed E-state index contributed by atoms with van der Waals surface area (Å²) < 4.78 is 1.67. The van der Waals surface area contributed by atoms with E-state index in [0.717, 1.165) is 0 Å². The second-order valence-electron chi connectivity index (χ2n) is 3.72. The number of hydrogen-bond donors (Lipinski definition) is 2. The van der Waals surface area contributed by atoms with Gasteiger partial charge in [0.1, 0.15) is 11.4 Å². The van der Waals surface area contributed by atoms with E-state index >= 15 is 0 Å². The minimum absolute atomic E-state index is 0.128. The van der Waals surface area contributed by atoms with Crippen LogP contribution >= 0.6 is 0 Å². The second-order valence-corrected chi connectivity index (χ2v) is 3.72. The van der Waals surface area contributed by atoms with Crippen molar-refractivity contribution >= 4 is 5.97 Å². The van der Waals surface area contributed by atoms with E-state index in [1.54, 1.807) is 41.1 Å². The zero-order valence-corrected chi connectivity index (χ0v) is 9.42. The van der Waals surface area contributed by atoms with Crippen LogP contribution in [0, 0.1) is 0 Å². The summed E-state index contributed by atoms with van der Waals surface area (Å²) in [6.45, 7) is 2.49. The minimum Gasteiger partial charge on any atom is -0.508 e. The molecule has 0 aliphatic rings. The number of hydrogen-bond acceptors (Lipinski definition) is 2. The van der Waals surface area contributed by atoms with Crippen molar-refractivity contribution in [1.29, 1.82) is 0 Å². The number of phenols is 1. The molecule has 1 aromatic heterocycles. The Labute approximate surface area is 98.8 Å². The van der Waals surface area contributed by atoms with E-state index in [-0.39, 0.29) is 11.4 Å². The van der Waals surface area contributed by atoms with Gasteiger partial charge in [0.25, 0.3) is 0 Å². The number of rotatable bonds is 3. The third-order valence-corrected chi connectivity index (χ3v) is 2.66. The van der Waals surface area contributed by atoms with Crippen LogP contribution in [0.4, 0.5) is 0 Å². The van der Waals surface area contributed by atoms with Crippen molar-refractivity contribution in [2.24, 2.45) is 0 Å². The van der Waals surface area contributed by atoms with Crippen molar-refractivity contribution < 1.29 is 15.0 Å². The van der Waals surface area contributed by atoms with Gasteiger partial charge in [0.2, 0.25) is 0 Å². The number of aromatic carboxylic acids is 1. The van der Waals surface area contributed by atoms with Crippen molar-refractivity contribution in [1.82, 2.24) is 4.57 Å². The van der Waals surface area contributed by atoms with Gasteiger partial charge in [-0.2, -0.15) is 0 Å². The molecule has 0 radical (unpaired) electrons. The molecule has 0 spiro atoms. The Hall–Kier alpha value is -2.23. The number of phenolic OH excluding ortho intramolecular Hbond substituents is 1. The van der Waals surface area contributed by atoms with Gasteiger partial charge in [0, 0.05) is 18.3 Å². The van der Waals surface area contributed by atoms with Crippen molar-refractivity contribution in [3.63, 3.8) is 0 Å². The maximum atomic E-state index is 11.2. The molecule has 4 nitrogen and oxygen atoms in total. The molecule has 0 aliphatic carbocycles. The molecule has 0 unspecified atom stereocenters. The van der Waals surface area contributed by atoms with Gasteiger partial charge >= 0.3 is 5.97 Å². The first-order chi connectivity index (χ1) is 8.13. The van der Waals surface area contributed by atoms with Crippen molar-refractivity contribution in [2.75, 3.05) is 0 Å². The Morgan fingerprint density at radius 1 is 1.35 bits per heavy atom. The van der Waals surface area contributed by atoms with E-state index in [4.69, 9.17) is 0 Å². The monoisotopic (exact) mass is 231 g/mol. The molecule has 17 heavy (non-hydrogen) atoms. The Morgan fingerprint density at radius 3 is 2.71 bits per heavy atom. The molecule has 1 aromatic carbocycles. The van der Waals surface area contributed by atoms with Crippen molar-refractivity contribution in [3.05, 3.63) is 42.2 Å². The smallest absolute Gasteiger partial charge is 0.353 e. The quantitative estimate of drug-likeness (QED) is 0.853. The normalized spacial score (nSPS) is 10.4. The summed E-state index contributed by atoms with van der Waals surface area (Å²) in [5, 5.41) is 18.6. The molecule has 1 heterocycles. The average molecular weight is 231 g/mol. The lowest BCUT2D eigenvalue weighted by atomic mass is 10.1. The number of carboxylic acids is 1. The number of aromatic hydroxyl groups is 1. The molecule has 88 valence electrons. The molecule has 0 atom stereocenters. The van der Waals surface area contributed by atoms with E-state index in [1.165, 1.54) is 0 Å². The Kier molecular flexibility index (Phi) is 2.87. The van der Waals surface area contributed by atoms with E-state index < -0.39 is 5.97 Å². The van der Waals surface area contributed by atoms with Crippen LogP contribution in [0.1, 0.15) is 17.4 Å². The van der Waals surface area contributed by atoms with Crippen molar-refractivity contribution in [3.8, 4) is 16.9 Å². The summed E-state index contributed by atoms with van der Waals surface area (Å²) in [4.78, 5) is 11.2. The number of carbonyl (C=O) groups is 1. The van der Waals surface area contributed by atoms with E-state index in [0.29, 0.717) is 17.7 Å². The fourth-order valence-electron chi connectivity index (χ4n) is 1.88. The fraction of sp³-hybridized carbons (Fsp3) is 0.154. The number of nitrogens with zero attached hydrogens (tertiary/aromatic N) is 1. The number of benzene rings is 1. The SMILES string of the molecule is CCn1ccc(-c2cccc(O)c2)c1C(=O)O. The van der Waals surface area contributed by atoms with E-state index in [2.05, 4.69) is 0 Å². The first-order valence-corrected chi connectivity index (χ1v) is 5.35. The van der Waals surface area contributed by atoms with Crippen molar-refractivity contribution in [2.45, 2.75) is 13.5 Å². The van der Waals surface area contributed by atoms with Crippen LogP contribution in [-0.2, 0) is 6.54 Å². The Morgan fingerprint density at radius 2 is 2.12 bits per heavy atom. The van der Waals surface area contributed by atoms with Gasteiger partial charge in [0.15, 0.2) is 0 Å². The van der Waals surface area contributed by atoms with Crippen LogP contribution in [0.5, 0.6) is 5.75 Å². The fourth-order valence-corrected chi connectivity index (χ4v) is 1.88. The minimum atomic E-state index is -0.963. The van der Waals surface area contributed by atoms with Crippen LogP contribution in [0.2, 0.25) is 0 Å². The molecular formula is C13H13NO3. The van der Waals surface area contributed by atoms with Gasteiger partial charge in [-0.25, -0.2) is 4.79 Å². The Balaban J connectivity index is 2.60. The van der Waals surface area contributed by atoms with E-state index in [1.807, 2.05) is 6.92 Å². The number of carboxylic acid groups (broad SMARTS) is 1. The summed E-state index contributed by atoms with van der Waals surface area (Å²) in [5.74, 6) is -0.835. The standard InChI is InChI=1S/C13H13NO3/c1-2-14-7-6-11(12(14)13(16)17)9-4-3-5-10(15)8-9/h3-8,15H,2H2,1H3,(H,16,17). The van der Waals surface area contributed by atoms with Crippen LogP contribution in [0.3, 0.4) is 0 Å². The predicted molar refractivity (Wildman–Crippen MR) is 64.2 cm³/mol. The maximum absolute atomic E-state index is 11.2. The average Bonchev–Trinajstić information content (AvgIpc) is 2.72. The molecule has 0 saturated carbocycles. The third kappa shape index (κ3) is 2.01. The van der Waals surface area contributed by atoms with Crippen LogP contribution in [-0.4, -0.2) is 20.7 Å². The number of aromatic nitrogens is 1. The van der Waals surface area contributed by atoms with Gasteiger partial charge in [-0.15, -0.1) is 0 Å². The highest BCUT2D eigenvalue weighted by Gasteiger charge is 2.16. The maximum Gasteiger partial charge on any atom is 0.353 e. The Bertz CT molecular complexity index is 558. The highest BCUT2D eigenvalue weighted by Crippen LogP contribution is 2.27. The summed E-state index contributed by atoms with van der Waals surface area (Å²) in [6, 6.07) is 8.34. The highest BCUT2D eigenvalue weighted by atomic mass is 16.4. The lowest BCUT2D eigenvalue weighted by Gasteiger charge is -2.05. The largest absolute Gasteiger partial charge is 0.508 e. The molecular weight excluding hydrogens is 218 g/mol. The van der Waals surface area contributed by atoms with E-state index in [9.17, 15) is 15.0 Å². The zero-order valence-electron chi connectivity index (χ0n) is 9.42. The molecule has 4 heteroatoms. The molecule has 0 amide bonds. The van der Waals surface area contributed by atoms with Gasteiger partial charge in [0.05, 0.1) is 0 Å². The summed E-state index contributed by atoms with van der Waals surface area (Å²) in [7, 11) is 0. The first kappa shape index (κ1) is 11.3. The van der Waals surface area contributed by atoms with Gasteiger partial charge < -0.3 is 14.8 Å². The molecule has 0 bridgehead atoms. The first-order valence-electron chi connectivity index (χ1n) is 5.35. The molecule has 0 aliphatic heterocycles. The van der Waals surface area contributed by atoms with Gasteiger partial charge in [-0.05, 0) is 30.7 Å². The lowest BCUT2D eigenvalue weighted by Crippen LogP contribution is -2.07. The molecule has 2 rings (SSSR count). The molecule has 2 aromatic rings. The summed E-state index contributed by atoms with van der Waals surface area (Å²) in [5.41, 5.74) is 1.57. The highest BCUT2D eigenvalue weighted by molar-refractivity contribution is 5.94. The third-order valence-electron chi connectivity index (χ3n) is 2.66. The van der Waals surface area contributed by atoms with Gasteiger partial charge in [-0.1, -0.05) is 12.1 Å². The summed E-state index contributed by atoms with van der Waals surface area (Å²) >= 11 is 0. The van der Waals surface area contributed by atoms with Crippen LogP contribution in [0.25, 0.3) is 11.1 Å². The van der Waals surface area contributed by atoms with Gasteiger partial charge in [-0.3, -0.25) is 0 Å². The topological polar surface area (TPSA) is 62.5 Å². The summed E-state index contributed by atoms with van der Waals surface area (Å²) in [6.07, 6.45) is 1.74. The predicted octanol–water partition coefficient (Wildman–Crippen LogP) is 2.58. The van der Waals surface area contributed by atoms with Crippen LogP contribution in [0.15, 0.2) is 36.5 Å².